The number of unbranched alkanes of at least 4 members (excludes halogenated alkanes) is 9. The van der Waals surface area contributed by atoms with Crippen LogP contribution in [0.4, 0.5) is 0 Å². The summed E-state index contributed by atoms with van der Waals surface area (Å²) in [6, 6.07) is 21.9. The average Bonchev–Trinajstić information content (AvgIpc) is 2.90. The molecule has 2 aromatic rings. The van der Waals surface area contributed by atoms with Gasteiger partial charge in [0.1, 0.15) is 0 Å². The van der Waals surface area contributed by atoms with Crippen LogP contribution in [0.3, 0.4) is 0 Å². The summed E-state index contributed by atoms with van der Waals surface area (Å²) in [5.74, 6) is -0.0882. The molecule has 0 unspecified atom stereocenters. The molecule has 0 aliphatic carbocycles. The number of methoxy groups -OCH3 is 1. The summed E-state index contributed by atoms with van der Waals surface area (Å²) in [5, 5.41) is 2.77. The van der Waals surface area contributed by atoms with E-state index in [1.807, 2.05) is 0 Å². The van der Waals surface area contributed by atoms with Gasteiger partial charge in [-0.1, -0.05) is 126 Å². The molecule has 0 spiro atoms. The standard InChI is InChI=1S/C33H50O3Si/c1-33(2,3)37(30-24-18-16-19-25-30,31-26-20-17-21-27-31)36-29-23-15-13-11-9-7-5-6-8-10-12-14-22-28-32(34)35-4/h5,7,16-21,24-27H,6,8-15,22-23,28-29H2,1-4H3/b7-5-. The van der Waals surface area contributed by atoms with Crippen LogP contribution in [0.5, 0.6) is 0 Å². The number of rotatable bonds is 18. The van der Waals surface area contributed by atoms with Gasteiger partial charge in [0, 0.05) is 13.0 Å². The molecule has 3 nitrogen and oxygen atoms in total. The zero-order chi connectivity index (χ0) is 26.8. The molecule has 4 heteroatoms. The van der Waals surface area contributed by atoms with Crippen molar-refractivity contribution in [2.24, 2.45) is 0 Å². The molecule has 0 aliphatic rings. The topological polar surface area (TPSA) is 35.5 Å². The molecule has 0 saturated carbocycles. The van der Waals surface area contributed by atoms with Crippen LogP contribution in [0.15, 0.2) is 72.8 Å². The summed E-state index contributed by atoms with van der Waals surface area (Å²) >= 11 is 0. The Morgan fingerprint density at radius 1 is 0.703 bits per heavy atom. The predicted octanol–water partition coefficient (Wildman–Crippen LogP) is 7.97. The summed E-state index contributed by atoms with van der Waals surface area (Å²) in [7, 11) is -0.934. The van der Waals surface area contributed by atoms with Crippen LogP contribution in [-0.4, -0.2) is 28.0 Å². The summed E-state index contributed by atoms with van der Waals surface area (Å²) in [6.07, 6.45) is 18.2. The lowest BCUT2D eigenvalue weighted by Crippen LogP contribution is -2.66. The van der Waals surface area contributed by atoms with E-state index in [9.17, 15) is 4.79 Å². The van der Waals surface area contributed by atoms with Crippen molar-refractivity contribution in [3.8, 4) is 0 Å². The molecule has 0 aromatic heterocycles. The highest BCUT2D eigenvalue weighted by Gasteiger charge is 2.49. The molecule has 0 saturated heterocycles. The van der Waals surface area contributed by atoms with Crippen LogP contribution < -0.4 is 10.4 Å². The van der Waals surface area contributed by atoms with Crippen molar-refractivity contribution in [3.05, 3.63) is 72.8 Å². The van der Waals surface area contributed by atoms with Gasteiger partial charge in [-0.05, 0) is 53.9 Å². The monoisotopic (exact) mass is 522 g/mol. The lowest BCUT2D eigenvalue weighted by molar-refractivity contribution is -0.140. The van der Waals surface area contributed by atoms with E-state index in [0.29, 0.717) is 6.42 Å². The Bertz CT molecular complexity index is 847. The van der Waals surface area contributed by atoms with Crippen molar-refractivity contribution in [1.82, 2.24) is 0 Å². The molecule has 0 N–H and O–H groups in total. The van der Waals surface area contributed by atoms with E-state index in [-0.39, 0.29) is 11.0 Å². The van der Waals surface area contributed by atoms with Gasteiger partial charge >= 0.3 is 5.97 Å². The van der Waals surface area contributed by atoms with Crippen molar-refractivity contribution in [2.75, 3.05) is 13.7 Å². The van der Waals surface area contributed by atoms with E-state index in [4.69, 9.17) is 4.43 Å². The molecule has 0 heterocycles. The van der Waals surface area contributed by atoms with Crippen LogP contribution in [0.25, 0.3) is 0 Å². The fourth-order valence-electron chi connectivity index (χ4n) is 5.10. The fraction of sp³-hybridized carbons (Fsp3) is 0.545. The quantitative estimate of drug-likeness (QED) is 0.0862. The molecule has 37 heavy (non-hydrogen) atoms. The predicted molar refractivity (Wildman–Crippen MR) is 160 cm³/mol. The Hall–Kier alpha value is -2.17. The maximum absolute atomic E-state index is 11.1. The molecule has 0 atom stereocenters. The number of carbonyl (C=O) groups is 1. The minimum atomic E-state index is -2.39. The summed E-state index contributed by atoms with van der Waals surface area (Å²) in [5.41, 5.74) is 0. The molecule has 204 valence electrons. The van der Waals surface area contributed by atoms with Gasteiger partial charge in [0.15, 0.2) is 0 Å². The second-order valence-corrected chi connectivity index (χ2v) is 15.4. The summed E-state index contributed by atoms with van der Waals surface area (Å²) in [4.78, 5) is 11.1. The van der Waals surface area contributed by atoms with E-state index in [0.717, 1.165) is 25.9 Å². The van der Waals surface area contributed by atoms with E-state index in [1.54, 1.807) is 0 Å². The number of ether oxygens (including phenoxy) is 1. The van der Waals surface area contributed by atoms with E-state index in [2.05, 4.69) is 98.3 Å². The van der Waals surface area contributed by atoms with Crippen molar-refractivity contribution in [1.29, 1.82) is 0 Å². The van der Waals surface area contributed by atoms with Crippen LogP contribution in [-0.2, 0) is 14.0 Å². The zero-order valence-corrected chi connectivity index (χ0v) is 24.8. The third-order valence-electron chi connectivity index (χ3n) is 7.15. The zero-order valence-electron chi connectivity index (χ0n) is 23.8. The number of benzene rings is 2. The van der Waals surface area contributed by atoms with Crippen molar-refractivity contribution >= 4 is 24.7 Å². The van der Waals surface area contributed by atoms with Gasteiger partial charge in [-0.25, -0.2) is 0 Å². The van der Waals surface area contributed by atoms with E-state index >= 15 is 0 Å². The highest BCUT2D eigenvalue weighted by molar-refractivity contribution is 6.99. The van der Waals surface area contributed by atoms with Gasteiger partial charge in [0.05, 0.1) is 7.11 Å². The largest absolute Gasteiger partial charge is 0.469 e. The van der Waals surface area contributed by atoms with Crippen LogP contribution in [0.1, 0.15) is 97.8 Å². The summed E-state index contributed by atoms with van der Waals surface area (Å²) in [6.45, 7) is 7.85. The third kappa shape index (κ3) is 10.6. The maximum Gasteiger partial charge on any atom is 0.305 e. The SMILES string of the molecule is COC(=O)CCCCCCC/C=C\CCCCCCO[Si](c1ccccc1)(c1ccccc1)C(C)(C)C. The Balaban J connectivity index is 1.67. The number of hydrogen-bond acceptors (Lipinski definition) is 3. The number of hydrogen-bond donors (Lipinski definition) is 0. The highest BCUT2D eigenvalue weighted by atomic mass is 28.4. The average molecular weight is 523 g/mol. The van der Waals surface area contributed by atoms with Crippen LogP contribution >= 0.6 is 0 Å². The first-order chi connectivity index (χ1) is 17.9. The molecule has 0 bridgehead atoms. The Labute approximate surface area is 227 Å². The second-order valence-electron chi connectivity index (χ2n) is 11.1. The minimum Gasteiger partial charge on any atom is -0.469 e. The molecule has 0 radical (unpaired) electrons. The maximum atomic E-state index is 11.1. The first-order valence-electron chi connectivity index (χ1n) is 14.4. The molecule has 2 aromatic carbocycles. The van der Waals surface area contributed by atoms with Gasteiger partial charge < -0.3 is 9.16 Å². The Kier molecular flexibility index (Phi) is 14.6. The normalized spacial score (nSPS) is 12.2. The van der Waals surface area contributed by atoms with Gasteiger partial charge in [-0.2, -0.15) is 0 Å². The molecule has 0 aliphatic heterocycles. The second kappa shape index (κ2) is 17.4. The van der Waals surface area contributed by atoms with Crippen LogP contribution in [0.2, 0.25) is 5.04 Å². The highest BCUT2D eigenvalue weighted by Crippen LogP contribution is 2.36. The fourth-order valence-corrected chi connectivity index (χ4v) is 9.71. The van der Waals surface area contributed by atoms with Gasteiger partial charge in [-0.3, -0.25) is 4.79 Å². The number of allylic oxidation sites excluding steroid dienone is 2. The van der Waals surface area contributed by atoms with E-state index < -0.39 is 8.32 Å². The summed E-state index contributed by atoms with van der Waals surface area (Å²) < 4.78 is 11.7. The first-order valence-corrected chi connectivity index (χ1v) is 16.3. The molecule has 2 rings (SSSR count). The minimum absolute atomic E-state index is 0.0452. The van der Waals surface area contributed by atoms with Crippen molar-refractivity contribution in [3.63, 3.8) is 0 Å². The Morgan fingerprint density at radius 2 is 1.16 bits per heavy atom. The number of esters is 1. The first kappa shape index (κ1) is 31.0. The molecule has 0 amide bonds. The van der Waals surface area contributed by atoms with E-state index in [1.165, 1.54) is 68.8 Å². The lowest BCUT2D eigenvalue weighted by atomic mass is 10.1. The molecule has 0 fully saturated rings. The smallest absolute Gasteiger partial charge is 0.305 e. The lowest BCUT2D eigenvalue weighted by Gasteiger charge is -2.43. The van der Waals surface area contributed by atoms with Crippen molar-refractivity contribution < 1.29 is 14.0 Å². The Morgan fingerprint density at radius 3 is 1.65 bits per heavy atom. The van der Waals surface area contributed by atoms with Gasteiger partial charge in [0.25, 0.3) is 8.32 Å². The van der Waals surface area contributed by atoms with Gasteiger partial charge in [0.2, 0.25) is 0 Å². The third-order valence-corrected chi connectivity index (χ3v) is 12.2. The number of carbonyl (C=O) groups excluding carboxylic acids is 1. The van der Waals surface area contributed by atoms with Crippen LogP contribution in [0, 0.1) is 0 Å². The van der Waals surface area contributed by atoms with Crippen molar-refractivity contribution in [2.45, 2.75) is 103 Å². The molecular formula is C33H50O3Si. The van der Waals surface area contributed by atoms with Gasteiger partial charge in [-0.15, -0.1) is 0 Å². The molecular weight excluding hydrogens is 472 g/mol.